The van der Waals surface area contributed by atoms with Crippen molar-refractivity contribution in [1.29, 1.82) is 0 Å². The second kappa shape index (κ2) is 15.6. The Hall–Kier alpha value is -4.28. The minimum Gasteiger partial charge on any atom is -0.497 e. The topological polar surface area (TPSA) is 96.0 Å². The first-order chi connectivity index (χ1) is 21.9. The third-order valence-corrected chi connectivity index (χ3v) is 8.11. The number of amides is 1. The maximum absolute atomic E-state index is 13.3. The van der Waals surface area contributed by atoms with Crippen LogP contribution in [0.4, 0.5) is 10.5 Å². The van der Waals surface area contributed by atoms with Crippen LogP contribution in [-0.2, 0) is 37.0 Å². The molecule has 2 aliphatic heterocycles. The number of likely N-dealkylation sites (tertiary alicyclic amines) is 1. The number of ether oxygens (including phenoxy) is 6. The van der Waals surface area contributed by atoms with Gasteiger partial charge in [-0.1, -0.05) is 48.5 Å². The molecule has 1 fully saturated rings. The Morgan fingerprint density at radius 2 is 1.69 bits per heavy atom. The quantitative estimate of drug-likeness (QED) is 0.201. The zero-order chi connectivity index (χ0) is 31.6. The van der Waals surface area contributed by atoms with E-state index in [1.165, 1.54) is 6.92 Å². The molecule has 0 aliphatic carbocycles. The van der Waals surface area contributed by atoms with Gasteiger partial charge in [-0.05, 0) is 47.4 Å². The molecule has 240 valence electrons. The number of nitrogens with zero attached hydrogens (tertiary/aromatic N) is 2. The molecule has 5 rings (SSSR count). The van der Waals surface area contributed by atoms with Crippen molar-refractivity contribution in [2.45, 2.75) is 44.7 Å². The summed E-state index contributed by atoms with van der Waals surface area (Å²) in [5.41, 5.74) is 3.80. The van der Waals surface area contributed by atoms with Gasteiger partial charge in [-0.2, -0.15) is 0 Å². The molecule has 10 heteroatoms. The van der Waals surface area contributed by atoms with Gasteiger partial charge in [0.25, 0.3) is 0 Å². The fraction of sp³-hybridized carbons (Fsp3) is 0.429. The summed E-state index contributed by atoms with van der Waals surface area (Å²) >= 11 is 0. The first kappa shape index (κ1) is 32.1. The molecule has 1 saturated heterocycles. The van der Waals surface area contributed by atoms with Crippen molar-refractivity contribution in [2.75, 3.05) is 58.5 Å². The van der Waals surface area contributed by atoms with E-state index in [0.29, 0.717) is 19.0 Å². The Bertz CT molecular complexity index is 1400. The molecule has 3 aromatic carbocycles. The zero-order valence-electron chi connectivity index (χ0n) is 26.2. The number of piperidine rings is 1. The van der Waals surface area contributed by atoms with E-state index in [9.17, 15) is 9.59 Å². The van der Waals surface area contributed by atoms with Crippen LogP contribution in [0.15, 0.2) is 72.8 Å². The largest absolute Gasteiger partial charge is 0.497 e. The number of anilines is 1. The van der Waals surface area contributed by atoms with Crippen molar-refractivity contribution < 1.29 is 38.0 Å². The Balaban J connectivity index is 1.37. The molecule has 2 aliphatic rings. The van der Waals surface area contributed by atoms with Gasteiger partial charge in [0.1, 0.15) is 30.8 Å². The van der Waals surface area contributed by atoms with Crippen LogP contribution in [0.5, 0.6) is 11.5 Å². The van der Waals surface area contributed by atoms with Crippen LogP contribution in [0.1, 0.15) is 36.0 Å². The minimum absolute atomic E-state index is 0.139. The number of rotatable bonds is 12. The monoisotopic (exact) mass is 618 g/mol. The highest BCUT2D eigenvalue weighted by molar-refractivity contribution is 5.69. The summed E-state index contributed by atoms with van der Waals surface area (Å²) < 4.78 is 34.7. The van der Waals surface area contributed by atoms with E-state index >= 15 is 0 Å². The summed E-state index contributed by atoms with van der Waals surface area (Å²) in [6.07, 6.45) is -0.718. The predicted molar refractivity (Wildman–Crippen MR) is 169 cm³/mol. The van der Waals surface area contributed by atoms with Gasteiger partial charge in [-0.25, -0.2) is 4.79 Å². The molecule has 2 heterocycles. The van der Waals surface area contributed by atoms with E-state index in [4.69, 9.17) is 28.4 Å². The standard InChI is InChI=1S/C35H42N2O8/c1-25(38)45-33-22-37(35(39)44-23-26-8-5-4-6-9-26)21-32(34(33)28-11-13-29(41-3)14-12-28)43-24-27-10-15-31-30(20-27)36(17-19-42-31)16-7-18-40-2/h4-6,8-15,20,32-34H,7,16-19,21-24H2,1-3H3. The second-order valence-electron chi connectivity index (χ2n) is 11.2. The fourth-order valence-corrected chi connectivity index (χ4v) is 5.91. The smallest absolute Gasteiger partial charge is 0.410 e. The number of carbonyl (C=O) groups excluding carboxylic acids is 2. The van der Waals surface area contributed by atoms with Gasteiger partial charge >= 0.3 is 12.1 Å². The molecule has 0 radical (unpaired) electrons. The lowest BCUT2D eigenvalue weighted by atomic mass is 9.84. The van der Waals surface area contributed by atoms with Crippen LogP contribution in [0.2, 0.25) is 0 Å². The molecule has 0 N–H and O–H groups in total. The van der Waals surface area contributed by atoms with Crippen LogP contribution in [0, 0.1) is 0 Å². The maximum Gasteiger partial charge on any atom is 0.410 e. The molecule has 3 aromatic rings. The average Bonchev–Trinajstić information content (AvgIpc) is 3.06. The number of hydrogen-bond acceptors (Lipinski definition) is 9. The first-order valence-electron chi connectivity index (χ1n) is 15.3. The van der Waals surface area contributed by atoms with Crippen molar-refractivity contribution in [1.82, 2.24) is 4.90 Å². The number of hydrogen-bond donors (Lipinski definition) is 0. The predicted octanol–water partition coefficient (Wildman–Crippen LogP) is 5.18. The highest BCUT2D eigenvalue weighted by atomic mass is 16.6. The summed E-state index contributed by atoms with van der Waals surface area (Å²) in [4.78, 5) is 29.5. The summed E-state index contributed by atoms with van der Waals surface area (Å²) in [6.45, 7) is 5.23. The van der Waals surface area contributed by atoms with E-state index < -0.39 is 24.3 Å². The summed E-state index contributed by atoms with van der Waals surface area (Å²) in [5, 5.41) is 0. The van der Waals surface area contributed by atoms with Crippen molar-refractivity contribution in [2.24, 2.45) is 0 Å². The summed E-state index contributed by atoms with van der Waals surface area (Å²) in [7, 11) is 3.33. The Morgan fingerprint density at radius 1 is 0.911 bits per heavy atom. The van der Waals surface area contributed by atoms with E-state index in [1.54, 1.807) is 19.1 Å². The maximum atomic E-state index is 13.3. The second-order valence-corrected chi connectivity index (χ2v) is 11.2. The van der Waals surface area contributed by atoms with E-state index in [-0.39, 0.29) is 32.2 Å². The van der Waals surface area contributed by atoms with Crippen LogP contribution in [-0.4, -0.2) is 82.8 Å². The fourth-order valence-electron chi connectivity index (χ4n) is 5.91. The van der Waals surface area contributed by atoms with Gasteiger partial charge in [-0.3, -0.25) is 4.79 Å². The van der Waals surface area contributed by atoms with Crippen molar-refractivity contribution >= 4 is 17.7 Å². The van der Waals surface area contributed by atoms with Crippen LogP contribution >= 0.6 is 0 Å². The highest BCUT2D eigenvalue weighted by Gasteiger charge is 2.42. The van der Waals surface area contributed by atoms with Gasteiger partial charge in [-0.15, -0.1) is 0 Å². The van der Waals surface area contributed by atoms with Crippen LogP contribution in [0.25, 0.3) is 0 Å². The van der Waals surface area contributed by atoms with Gasteiger partial charge in [0.05, 0.1) is 51.1 Å². The lowest BCUT2D eigenvalue weighted by Crippen LogP contribution is -2.55. The Labute approximate surface area is 264 Å². The van der Waals surface area contributed by atoms with Crippen molar-refractivity contribution in [3.8, 4) is 11.5 Å². The molecule has 10 nitrogen and oxygen atoms in total. The van der Waals surface area contributed by atoms with Gasteiger partial charge in [0, 0.05) is 27.2 Å². The third kappa shape index (κ3) is 8.46. The Morgan fingerprint density at radius 3 is 2.42 bits per heavy atom. The van der Waals surface area contributed by atoms with Gasteiger partial charge < -0.3 is 38.2 Å². The zero-order valence-corrected chi connectivity index (χ0v) is 26.2. The van der Waals surface area contributed by atoms with Crippen molar-refractivity contribution in [3.05, 3.63) is 89.5 Å². The van der Waals surface area contributed by atoms with E-state index in [2.05, 4.69) is 11.0 Å². The molecule has 45 heavy (non-hydrogen) atoms. The molecule has 0 spiro atoms. The van der Waals surface area contributed by atoms with Crippen LogP contribution < -0.4 is 14.4 Å². The molecular weight excluding hydrogens is 576 g/mol. The summed E-state index contributed by atoms with van der Waals surface area (Å²) in [6, 6.07) is 23.2. The molecule has 0 aromatic heterocycles. The highest BCUT2D eigenvalue weighted by Crippen LogP contribution is 2.36. The number of carbonyl (C=O) groups is 2. The van der Waals surface area contributed by atoms with Gasteiger partial charge in [0.15, 0.2) is 0 Å². The lowest BCUT2D eigenvalue weighted by Gasteiger charge is -2.42. The lowest BCUT2D eigenvalue weighted by molar-refractivity contribution is -0.155. The van der Waals surface area contributed by atoms with Crippen molar-refractivity contribution in [3.63, 3.8) is 0 Å². The van der Waals surface area contributed by atoms with Crippen LogP contribution in [0.3, 0.4) is 0 Å². The summed E-state index contributed by atoms with van der Waals surface area (Å²) in [5.74, 6) is 0.802. The third-order valence-electron chi connectivity index (χ3n) is 8.11. The van der Waals surface area contributed by atoms with E-state index in [1.807, 2.05) is 66.7 Å². The minimum atomic E-state index is -0.646. The Kier molecular flexibility index (Phi) is 11.2. The molecule has 0 saturated carbocycles. The number of fused-ring (bicyclic) bond motifs is 1. The normalized spacial score (nSPS) is 19.3. The number of methoxy groups -OCH3 is 2. The first-order valence-corrected chi connectivity index (χ1v) is 15.3. The molecule has 0 bridgehead atoms. The van der Waals surface area contributed by atoms with Gasteiger partial charge in [0.2, 0.25) is 0 Å². The van der Waals surface area contributed by atoms with E-state index in [0.717, 1.165) is 47.6 Å². The SMILES string of the molecule is COCCCN1CCOc2ccc(COC3CN(C(=O)OCc4ccccc4)CC(OC(C)=O)C3c3ccc(OC)cc3)cc21. The molecule has 3 atom stereocenters. The number of benzene rings is 3. The molecular formula is C35H42N2O8. The average molecular weight is 619 g/mol. The number of esters is 1. The molecule has 3 unspecified atom stereocenters. The molecule has 1 amide bonds.